The zero-order valence-electron chi connectivity index (χ0n) is 13.8. The van der Waals surface area contributed by atoms with Gasteiger partial charge in [0.15, 0.2) is 0 Å². The van der Waals surface area contributed by atoms with E-state index in [-0.39, 0.29) is 11.8 Å². The molecule has 1 heterocycles. The fourth-order valence-corrected chi connectivity index (χ4v) is 1.77. The molecule has 0 saturated carbocycles. The van der Waals surface area contributed by atoms with Crippen molar-refractivity contribution in [1.29, 1.82) is 0 Å². The normalized spacial score (nSPS) is 12.6. The van der Waals surface area contributed by atoms with Crippen LogP contribution < -0.4 is 10.6 Å². The summed E-state index contributed by atoms with van der Waals surface area (Å²) in [5.41, 5.74) is 0.299. The summed E-state index contributed by atoms with van der Waals surface area (Å²) in [4.78, 5) is 28.1. The summed E-state index contributed by atoms with van der Waals surface area (Å²) >= 11 is 0. The number of nitrogens with zero attached hydrogens (tertiary/aromatic N) is 1. The zero-order chi connectivity index (χ0) is 16.8. The number of carbonyl (C=O) groups is 2. The average Bonchev–Trinajstić information content (AvgIpc) is 2.41. The summed E-state index contributed by atoms with van der Waals surface area (Å²) in [6.45, 7) is 9.43. The molecule has 0 aliphatic heterocycles. The molecule has 0 radical (unpaired) electrons. The first kappa shape index (κ1) is 17.9. The number of aromatic nitrogens is 1. The number of amides is 2. The summed E-state index contributed by atoms with van der Waals surface area (Å²) in [5.74, 6) is -0.300. The third-order valence-corrected chi connectivity index (χ3v) is 2.81. The van der Waals surface area contributed by atoms with Crippen LogP contribution in [0.4, 0.5) is 4.79 Å². The molecule has 1 aromatic rings. The number of ether oxygens (including phenoxy) is 1. The fraction of sp³-hybridized carbons (Fsp3) is 0.562. The second-order valence-corrected chi connectivity index (χ2v) is 6.45. The van der Waals surface area contributed by atoms with Gasteiger partial charge in [0, 0.05) is 18.9 Å². The van der Waals surface area contributed by atoms with Crippen molar-refractivity contribution in [2.45, 2.75) is 52.8 Å². The van der Waals surface area contributed by atoms with E-state index < -0.39 is 17.7 Å². The molecule has 1 unspecified atom stereocenters. The van der Waals surface area contributed by atoms with Crippen LogP contribution in [0.3, 0.4) is 0 Å². The van der Waals surface area contributed by atoms with Gasteiger partial charge in [0.2, 0.25) is 5.91 Å². The monoisotopic (exact) mass is 307 g/mol. The SMILES string of the molecule is CC(C)C(NC(=O)OC(C)(C)C)C(=O)NCc1cccnc1. The summed E-state index contributed by atoms with van der Waals surface area (Å²) < 4.78 is 5.19. The molecule has 0 spiro atoms. The van der Waals surface area contributed by atoms with E-state index in [9.17, 15) is 9.59 Å². The van der Waals surface area contributed by atoms with Crippen LogP contribution in [-0.2, 0) is 16.1 Å². The number of nitrogens with one attached hydrogen (secondary N) is 2. The Morgan fingerprint density at radius 2 is 2.00 bits per heavy atom. The van der Waals surface area contributed by atoms with Gasteiger partial charge in [-0.25, -0.2) is 4.79 Å². The number of hydrogen-bond donors (Lipinski definition) is 2. The predicted molar refractivity (Wildman–Crippen MR) is 84.1 cm³/mol. The van der Waals surface area contributed by atoms with Crippen LogP contribution in [0.25, 0.3) is 0 Å². The summed E-state index contributed by atoms with van der Waals surface area (Å²) in [7, 11) is 0. The average molecular weight is 307 g/mol. The number of alkyl carbamates (subject to hydrolysis) is 1. The van der Waals surface area contributed by atoms with Crippen LogP contribution in [-0.4, -0.2) is 28.6 Å². The number of pyridine rings is 1. The third-order valence-electron chi connectivity index (χ3n) is 2.81. The van der Waals surface area contributed by atoms with Gasteiger partial charge in [-0.05, 0) is 38.3 Å². The lowest BCUT2D eigenvalue weighted by Gasteiger charge is -2.25. The minimum absolute atomic E-state index is 0.0542. The van der Waals surface area contributed by atoms with Crippen molar-refractivity contribution in [3.63, 3.8) is 0 Å². The quantitative estimate of drug-likeness (QED) is 0.874. The minimum Gasteiger partial charge on any atom is -0.444 e. The first-order chi connectivity index (χ1) is 10.2. The Kier molecular flexibility index (Phi) is 6.34. The predicted octanol–water partition coefficient (Wildman–Crippen LogP) is 2.25. The molecule has 0 bridgehead atoms. The van der Waals surface area contributed by atoms with E-state index in [2.05, 4.69) is 15.6 Å². The Hall–Kier alpha value is -2.11. The summed E-state index contributed by atoms with van der Waals surface area (Å²) in [6.07, 6.45) is 2.76. The Morgan fingerprint density at radius 3 is 2.50 bits per heavy atom. The van der Waals surface area contributed by atoms with Crippen molar-refractivity contribution in [2.24, 2.45) is 5.92 Å². The minimum atomic E-state index is -0.647. The van der Waals surface area contributed by atoms with Gasteiger partial charge in [-0.15, -0.1) is 0 Å². The molecule has 122 valence electrons. The van der Waals surface area contributed by atoms with E-state index in [1.54, 1.807) is 39.2 Å². The van der Waals surface area contributed by atoms with E-state index in [0.717, 1.165) is 5.56 Å². The van der Waals surface area contributed by atoms with Crippen molar-refractivity contribution < 1.29 is 14.3 Å². The molecule has 0 fully saturated rings. The summed E-state index contributed by atoms with van der Waals surface area (Å²) in [6, 6.07) is 3.03. The van der Waals surface area contributed by atoms with Crippen LogP contribution in [0.5, 0.6) is 0 Å². The van der Waals surface area contributed by atoms with Gasteiger partial charge >= 0.3 is 6.09 Å². The van der Waals surface area contributed by atoms with Crippen LogP contribution in [0, 0.1) is 5.92 Å². The van der Waals surface area contributed by atoms with Gasteiger partial charge in [0.25, 0.3) is 0 Å². The maximum Gasteiger partial charge on any atom is 0.408 e. The van der Waals surface area contributed by atoms with E-state index in [1.807, 2.05) is 19.9 Å². The van der Waals surface area contributed by atoms with E-state index in [0.29, 0.717) is 6.54 Å². The Labute approximate surface area is 131 Å². The van der Waals surface area contributed by atoms with Gasteiger partial charge < -0.3 is 15.4 Å². The summed E-state index contributed by atoms with van der Waals surface area (Å²) in [5, 5.41) is 5.42. The van der Waals surface area contributed by atoms with Gasteiger partial charge in [0.1, 0.15) is 11.6 Å². The molecule has 0 aliphatic rings. The molecule has 1 aromatic heterocycles. The highest BCUT2D eigenvalue weighted by molar-refractivity contribution is 5.85. The Morgan fingerprint density at radius 1 is 1.32 bits per heavy atom. The third kappa shape index (κ3) is 6.56. The molecular formula is C16H25N3O3. The van der Waals surface area contributed by atoms with E-state index in [1.165, 1.54) is 0 Å². The maximum absolute atomic E-state index is 12.3. The first-order valence-electron chi connectivity index (χ1n) is 7.35. The van der Waals surface area contributed by atoms with Gasteiger partial charge in [-0.2, -0.15) is 0 Å². The van der Waals surface area contributed by atoms with Gasteiger partial charge in [0.05, 0.1) is 0 Å². The maximum atomic E-state index is 12.3. The van der Waals surface area contributed by atoms with E-state index >= 15 is 0 Å². The molecule has 1 atom stereocenters. The molecule has 0 saturated heterocycles. The highest BCUT2D eigenvalue weighted by atomic mass is 16.6. The van der Waals surface area contributed by atoms with Crippen LogP contribution >= 0.6 is 0 Å². The molecule has 1 rings (SSSR count). The van der Waals surface area contributed by atoms with Crippen molar-refractivity contribution in [1.82, 2.24) is 15.6 Å². The lowest BCUT2D eigenvalue weighted by molar-refractivity contribution is -0.124. The van der Waals surface area contributed by atoms with Crippen LogP contribution in [0.15, 0.2) is 24.5 Å². The Bertz CT molecular complexity index is 495. The molecule has 6 nitrogen and oxygen atoms in total. The van der Waals surface area contributed by atoms with Gasteiger partial charge in [-0.1, -0.05) is 19.9 Å². The molecule has 22 heavy (non-hydrogen) atoms. The van der Waals surface area contributed by atoms with Crippen LogP contribution in [0.2, 0.25) is 0 Å². The second-order valence-electron chi connectivity index (χ2n) is 6.45. The molecule has 0 aliphatic carbocycles. The molecule has 6 heteroatoms. The smallest absolute Gasteiger partial charge is 0.408 e. The highest BCUT2D eigenvalue weighted by Gasteiger charge is 2.26. The lowest BCUT2D eigenvalue weighted by atomic mass is 10.0. The van der Waals surface area contributed by atoms with Crippen molar-refractivity contribution in [3.8, 4) is 0 Å². The van der Waals surface area contributed by atoms with E-state index in [4.69, 9.17) is 4.74 Å². The molecule has 2 amide bonds. The molecule has 0 aromatic carbocycles. The van der Waals surface area contributed by atoms with Gasteiger partial charge in [-0.3, -0.25) is 9.78 Å². The first-order valence-corrected chi connectivity index (χ1v) is 7.35. The molecule has 2 N–H and O–H groups in total. The highest BCUT2D eigenvalue weighted by Crippen LogP contribution is 2.09. The Balaban J connectivity index is 2.58. The van der Waals surface area contributed by atoms with Crippen LogP contribution in [0.1, 0.15) is 40.2 Å². The number of hydrogen-bond acceptors (Lipinski definition) is 4. The van der Waals surface area contributed by atoms with Crippen molar-refractivity contribution in [3.05, 3.63) is 30.1 Å². The standard InChI is InChI=1S/C16H25N3O3/c1-11(2)13(19-15(21)22-16(3,4)5)14(20)18-10-12-7-6-8-17-9-12/h6-9,11,13H,10H2,1-5H3,(H,18,20)(H,19,21). The van der Waals surface area contributed by atoms with Crippen molar-refractivity contribution in [2.75, 3.05) is 0 Å². The largest absolute Gasteiger partial charge is 0.444 e. The number of rotatable bonds is 5. The molecular weight excluding hydrogens is 282 g/mol. The van der Waals surface area contributed by atoms with Crippen molar-refractivity contribution >= 4 is 12.0 Å². The fourth-order valence-electron chi connectivity index (χ4n) is 1.77. The topological polar surface area (TPSA) is 80.3 Å². The second kappa shape index (κ2) is 7.77. The zero-order valence-corrected chi connectivity index (χ0v) is 13.8. The number of carbonyl (C=O) groups excluding carboxylic acids is 2. The lowest BCUT2D eigenvalue weighted by Crippen LogP contribution is -2.50.